The number of hydrogen-bond acceptors (Lipinski definition) is 5. The second-order valence-corrected chi connectivity index (χ2v) is 6.81. The summed E-state index contributed by atoms with van der Waals surface area (Å²) in [5.74, 6) is -0.280. The van der Waals surface area contributed by atoms with Crippen LogP contribution in [0.1, 0.15) is 33.6 Å². The topological polar surface area (TPSA) is 51.1 Å². The number of carbonyl (C=O) groups excluding carboxylic acids is 1. The summed E-state index contributed by atoms with van der Waals surface area (Å²) in [4.78, 5) is 20.0. The molecule has 108 valence electrons. The van der Waals surface area contributed by atoms with Crippen LogP contribution in [0.2, 0.25) is 0 Å². The van der Waals surface area contributed by atoms with Crippen LogP contribution in [-0.4, -0.2) is 49.4 Å². The molecule has 1 saturated carbocycles. The molecule has 0 spiro atoms. The molecule has 1 fully saturated rings. The molecule has 0 aromatic rings. The summed E-state index contributed by atoms with van der Waals surface area (Å²) >= 11 is 0. The SMILES string of the molecule is COC(=O)C12CC(N(C)C)CC1C(C(C)(C)C)=NO2. The Kier molecular flexibility index (Phi) is 3.37. The number of methoxy groups -OCH3 is 1. The third-order valence-electron chi connectivity index (χ3n) is 4.28. The zero-order chi connectivity index (χ0) is 14.4. The van der Waals surface area contributed by atoms with E-state index >= 15 is 0 Å². The standard InChI is InChI=1S/C14H24N2O3/c1-13(2,3)11-10-7-9(16(4)5)8-14(10,19-15-11)12(17)18-6/h9-10H,7-8H2,1-6H3. The van der Waals surface area contributed by atoms with Crippen LogP contribution in [0, 0.1) is 11.3 Å². The summed E-state index contributed by atoms with van der Waals surface area (Å²) < 4.78 is 4.97. The lowest BCUT2D eigenvalue weighted by molar-refractivity contribution is -0.169. The van der Waals surface area contributed by atoms with Crippen molar-refractivity contribution in [1.29, 1.82) is 0 Å². The fourth-order valence-corrected chi connectivity index (χ4v) is 3.15. The number of carbonyl (C=O) groups is 1. The van der Waals surface area contributed by atoms with Crippen LogP contribution in [-0.2, 0) is 14.4 Å². The van der Waals surface area contributed by atoms with Gasteiger partial charge in [-0.2, -0.15) is 0 Å². The maximum absolute atomic E-state index is 12.2. The van der Waals surface area contributed by atoms with E-state index in [9.17, 15) is 4.79 Å². The fourth-order valence-electron chi connectivity index (χ4n) is 3.15. The Morgan fingerprint density at radius 2 is 2.11 bits per heavy atom. The zero-order valence-corrected chi connectivity index (χ0v) is 12.7. The highest BCUT2D eigenvalue weighted by Crippen LogP contribution is 2.49. The Balaban J connectivity index is 2.35. The minimum absolute atomic E-state index is 0.0207. The Morgan fingerprint density at radius 3 is 2.58 bits per heavy atom. The number of nitrogens with zero attached hydrogens (tertiary/aromatic N) is 2. The molecule has 0 radical (unpaired) electrons. The highest BCUT2D eigenvalue weighted by Gasteiger charge is 2.63. The smallest absolute Gasteiger partial charge is 0.353 e. The van der Waals surface area contributed by atoms with Crippen molar-refractivity contribution in [1.82, 2.24) is 4.90 Å². The van der Waals surface area contributed by atoms with E-state index in [1.807, 2.05) is 14.1 Å². The fraction of sp³-hybridized carbons (Fsp3) is 0.857. The number of esters is 1. The van der Waals surface area contributed by atoms with Gasteiger partial charge in [-0.1, -0.05) is 25.9 Å². The van der Waals surface area contributed by atoms with Gasteiger partial charge in [0, 0.05) is 17.9 Å². The predicted molar refractivity (Wildman–Crippen MR) is 72.9 cm³/mol. The van der Waals surface area contributed by atoms with E-state index in [4.69, 9.17) is 9.57 Å². The van der Waals surface area contributed by atoms with Crippen LogP contribution < -0.4 is 0 Å². The van der Waals surface area contributed by atoms with Gasteiger partial charge in [0.2, 0.25) is 5.60 Å². The molecule has 0 amide bonds. The third kappa shape index (κ3) is 2.14. The molecule has 1 aliphatic carbocycles. The molecule has 0 N–H and O–H groups in total. The molecule has 0 bridgehead atoms. The second kappa shape index (κ2) is 4.47. The van der Waals surface area contributed by atoms with Crippen molar-refractivity contribution in [3.8, 4) is 0 Å². The Bertz CT molecular complexity index is 411. The summed E-state index contributed by atoms with van der Waals surface area (Å²) in [7, 11) is 5.48. The minimum atomic E-state index is -0.910. The van der Waals surface area contributed by atoms with Crippen LogP contribution in [0.4, 0.5) is 0 Å². The summed E-state index contributed by atoms with van der Waals surface area (Å²) in [5, 5.41) is 4.22. The van der Waals surface area contributed by atoms with Gasteiger partial charge in [-0.3, -0.25) is 0 Å². The second-order valence-electron chi connectivity index (χ2n) is 6.81. The molecule has 5 nitrogen and oxygen atoms in total. The van der Waals surface area contributed by atoms with Gasteiger partial charge in [0.15, 0.2) is 0 Å². The summed E-state index contributed by atoms with van der Waals surface area (Å²) in [6, 6.07) is 0.317. The molecule has 0 aromatic carbocycles. The first kappa shape index (κ1) is 14.3. The maximum Gasteiger partial charge on any atom is 0.353 e. The molecule has 3 unspecified atom stereocenters. The number of fused-ring (bicyclic) bond motifs is 1. The van der Waals surface area contributed by atoms with Crippen molar-refractivity contribution in [3.05, 3.63) is 0 Å². The molecule has 1 aliphatic heterocycles. The summed E-state index contributed by atoms with van der Waals surface area (Å²) in [5.41, 5.74) is -0.0317. The van der Waals surface area contributed by atoms with Crippen LogP contribution in [0.3, 0.4) is 0 Å². The lowest BCUT2D eigenvalue weighted by Gasteiger charge is -2.27. The zero-order valence-electron chi connectivity index (χ0n) is 12.7. The summed E-state index contributed by atoms with van der Waals surface area (Å²) in [6.07, 6.45) is 1.53. The minimum Gasteiger partial charge on any atom is -0.466 e. The van der Waals surface area contributed by atoms with Crippen molar-refractivity contribution in [3.63, 3.8) is 0 Å². The van der Waals surface area contributed by atoms with Gasteiger partial charge in [0.1, 0.15) is 0 Å². The van der Waals surface area contributed by atoms with Crippen molar-refractivity contribution in [2.45, 2.75) is 45.3 Å². The monoisotopic (exact) mass is 268 g/mol. The lowest BCUT2D eigenvalue weighted by atomic mass is 9.76. The van der Waals surface area contributed by atoms with Gasteiger partial charge in [0.05, 0.1) is 18.7 Å². The van der Waals surface area contributed by atoms with Crippen LogP contribution >= 0.6 is 0 Å². The van der Waals surface area contributed by atoms with E-state index in [2.05, 4.69) is 30.8 Å². The third-order valence-corrected chi connectivity index (χ3v) is 4.28. The van der Waals surface area contributed by atoms with Gasteiger partial charge in [-0.25, -0.2) is 4.79 Å². The van der Waals surface area contributed by atoms with Crippen molar-refractivity contribution < 1.29 is 14.4 Å². The quantitative estimate of drug-likeness (QED) is 0.715. The van der Waals surface area contributed by atoms with Crippen molar-refractivity contribution in [2.75, 3.05) is 21.2 Å². The summed E-state index contributed by atoms with van der Waals surface area (Å²) in [6.45, 7) is 6.31. The molecule has 1 heterocycles. The number of oxime groups is 1. The Morgan fingerprint density at radius 1 is 1.47 bits per heavy atom. The highest BCUT2D eigenvalue weighted by molar-refractivity contribution is 5.99. The maximum atomic E-state index is 12.2. The van der Waals surface area contributed by atoms with Gasteiger partial charge >= 0.3 is 5.97 Å². The van der Waals surface area contributed by atoms with Crippen LogP contribution in [0.5, 0.6) is 0 Å². The molecule has 0 aromatic heterocycles. The number of ether oxygens (including phenoxy) is 1. The van der Waals surface area contributed by atoms with Gasteiger partial charge < -0.3 is 14.5 Å². The molecule has 19 heavy (non-hydrogen) atoms. The van der Waals surface area contributed by atoms with E-state index < -0.39 is 5.60 Å². The molecular weight excluding hydrogens is 244 g/mol. The predicted octanol–water partition coefficient (Wildman–Crippen LogP) is 1.67. The number of rotatable bonds is 2. The van der Waals surface area contributed by atoms with E-state index in [0.717, 1.165) is 12.1 Å². The Hall–Kier alpha value is -1.10. The highest BCUT2D eigenvalue weighted by atomic mass is 16.7. The van der Waals surface area contributed by atoms with Crippen molar-refractivity contribution in [2.24, 2.45) is 16.5 Å². The molecular formula is C14H24N2O3. The van der Waals surface area contributed by atoms with Crippen molar-refractivity contribution >= 4 is 11.7 Å². The molecule has 5 heteroatoms. The van der Waals surface area contributed by atoms with Crippen LogP contribution in [0.25, 0.3) is 0 Å². The molecule has 2 rings (SSSR count). The largest absolute Gasteiger partial charge is 0.466 e. The van der Waals surface area contributed by atoms with Crippen LogP contribution in [0.15, 0.2) is 5.16 Å². The van der Waals surface area contributed by atoms with E-state index in [-0.39, 0.29) is 17.3 Å². The average Bonchev–Trinajstić information content (AvgIpc) is 2.81. The normalized spacial score (nSPS) is 33.9. The number of hydrogen-bond donors (Lipinski definition) is 0. The van der Waals surface area contributed by atoms with E-state index in [1.165, 1.54) is 7.11 Å². The molecule has 3 atom stereocenters. The van der Waals surface area contributed by atoms with E-state index in [0.29, 0.717) is 12.5 Å². The lowest BCUT2D eigenvalue weighted by Crippen LogP contribution is -2.45. The first-order valence-electron chi connectivity index (χ1n) is 6.74. The average molecular weight is 268 g/mol. The first-order chi connectivity index (χ1) is 8.72. The van der Waals surface area contributed by atoms with Gasteiger partial charge in [0.25, 0.3) is 0 Å². The van der Waals surface area contributed by atoms with E-state index in [1.54, 1.807) is 0 Å². The Labute approximate surface area is 114 Å². The van der Waals surface area contributed by atoms with Gasteiger partial charge in [-0.15, -0.1) is 0 Å². The van der Waals surface area contributed by atoms with Gasteiger partial charge in [-0.05, 0) is 20.5 Å². The molecule has 2 aliphatic rings. The molecule has 0 saturated heterocycles. The first-order valence-corrected chi connectivity index (χ1v) is 6.74.